The lowest BCUT2D eigenvalue weighted by Crippen LogP contribution is -2.44. The van der Waals surface area contributed by atoms with Crippen molar-refractivity contribution in [1.29, 1.82) is 0 Å². The first-order valence-corrected chi connectivity index (χ1v) is 6.25. The third kappa shape index (κ3) is 2.56. The van der Waals surface area contributed by atoms with E-state index in [1.807, 2.05) is 61.5 Å². The smallest absolute Gasteiger partial charge is 0.0576 e. The Labute approximate surface area is 113 Å². The molecule has 2 nitrogen and oxygen atoms in total. The van der Waals surface area contributed by atoms with Crippen molar-refractivity contribution in [1.82, 2.24) is 0 Å². The number of hydrogen-bond donors (Lipinski definition) is 2. The van der Waals surface area contributed by atoms with Gasteiger partial charge in [-0.2, -0.15) is 0 Å². The van der Waals surface area contributed by atoms with Crippen LogP contribution in [-0.4, -0.2) is 0 Å². The minimum Gasteiger partial charge on any atom is -0.322 e. The van der Waals surface area contributed by atoms with E-state index in [-0.39, 0.29) is 6.04 Å². The molecular weight excluding hydrogens is 244 g/mol. The Bertz CT molecular complexity index is 506. The van der Waals surface area contributed by atoms with Gasteiger partial charge in [0.25, 0.3) is 0 Å². The Morgan fingerprint density at radius 3 is 2.11 bits per heavy atom. The van der Waals surface area contributed by atoms with E-state index in [0.29, 0.717) is 5.02 Å². The molecule has 2 aromatic rings. The molecule has 0 fully saturated rings. The second kappa shape index (κ2) is 5.11. The monoisotopic (exact) mass is 260 g/mol. The lowest BCUT2D eigenvalue weighted by Gasteiger charge is -2.32. The summed E-state index contributed by atoms with van der Waals surface area (Å²) in [5.74, 6) is 0. The standard InChI is InChI=1S/C15H17ClN2/c1-15(18,12-5-3-2-4-6-12)14(17)11-7-9-13(16)10-8-11/h2-10,14H,17-18H2,1H3. The number of nitrogens with two attached hydrogens (primary N) is 2. The van der Waals surface area contributed by atoms with Crippen LogP contribution in [0.15, 0.2) is 54.6 Å². The predicted molar refractivity (Wildman–Crippen MR) is 76.4 cm³/mol. The van der Waals surface area contributed by atoms with Crippen LogP contribution in [0.4, 0.5) is 0 Å². The van der Waals surface area contributed by atoms with Gasteiger partial charge in [0.1, 0.15) is 0 Å². The van der Waals surface area contributed by atoms with Crippen LogP contribution in [0, 0.1) is 0 Å². The molecule has 2 unspecified atom stereocenters. The Balaban J connectivity index is 2.32. The highest BCUT2D eigenvalue weighted by molar-refractivity contribution is 6.30. The second-order valence-electron chi connectivity index (χ2n) is 4.68. The molecule has 18 heavy (non-hydrogen) atoms. The van der Waals surface area contributed by atoms with Crippen LogP contribution in [-0.2, 0) is 5.54 Å². The highest BCUT2D eigenvalue weighted by Crippen LogP contribution is 2.30. The van der Waals surface area contributed by atoms with Crippen LogP contribution in [0.1, 0.15) is 24.1 Å². The fourth-order valence-electron chi connectivity index (χ4n) is 1.99. The van der Waals surface area contributed by atoms with Crippen molar-refractivity contribution in [2.45, 2.75) is 18.5 Å². The third-order valence-corrected chi connectivity index (χ3v) is 3.52. The summed E-state index contributed by atoms with van der Waals surface area (Å²) >= 11 is 5.88. The average Bonchev–Trinajstić information content (AvgIpc) is 2.40. The van der Waals surface area contributed by atoms with Crippen molar-refractivity contribution in [2.24, 2.45) is 11.5 Å². The predicted octanol–water partition coefficient (Wildman–Crippen LogP) is 3.21. The molecule has 0 saturated heterocycles. The van der Waals surface area contributed by atoms with Crippen molar-refractivity contribution in [3.8, 4) is 0 Å². The maximum absolute atomic E-state index is 6.39. The van der Waals surface area contributed by atoms with E-state index in [9.17, 15) is 0 Å². The molecule has 0 amide bonds. The molecule has 0 aliphatic rings. The van der Waals surface area contributed by atoms with Crippen LogP contribution in [0.3, 0.4) is 0 Å². The number of rotatable bonds is 3. The first kappa shape index (κ1) is 13.1. The van der Waals surface area contributed by atoms with Gasteiger partial charge in [0.15, 0.2) is 0 Å². The summed E-state index contributed by atoms with van der Waals surface area (Å²) in [5, 5.41) is 0.699. The summed E-state index contributed by atoms with van der Waals surface area (Å²) in [6.45, 7) is 1.95. The maximum Gasteiger partial charge on any atom is 0.0576 e. The summed E-state index contributed by atoms with van der Waals surface area (Å²) < 4.78 is 0. The summed E-state index contributed by atoms with van der Waals surface area (Å²) in [4.78, 5) is 0. The SMILES string of the molecule is CC(N)(c1ccccc1)C(N)c1ccc(Cl)cc1. The van der Waals surface area contributed by atoms with E-state index in [1.54, 1.807) is 0 Å². The van der Waals surface area contributed by atoms with Gasteiger partial charge < -0.3 is 11.5 Å². The Kier molecular flexibility index (Phi) is 3.71. The molecule has 0 spiro atoms. The van der Waals surface area contributed by atoms with E-state index >= 15 is 0 Å². The Morgan fingerprint density at radius 2 is 1.56 bits per heavy atom. The highest BCUT2D eigenvalue weighted by atomic mass is 35.5. The molecule has 2 atom stereocenters. The van der Waals surface area contributed by atoms with Crippen molar-refractivity contribution < 1.29 is 0 Å². The van der Waals surface area contributed by atoms with Crippen LogP contribution >= 0.6 is 11.6 Å². The molecule has 0 radical (unpaired) electrons. The van der Waals surface area contributed by atoms with Gasteiger partial charge in [0.2, 0.25) is 0 Å². The molecule has 0 bridgehead atoms. The molecule has 2 aromatic carbocycles. The average molecular weight is 261 g/mol. The van der Waals surface area contributed by atoms with Gasteiger partial charge >= 0.3 is 0 Å². The molecule has 0 heterocycles. The largest absolute Gasteiger partial charge is 0.322 e. The van der Waals surface area contributed by atoms with E-state index in [4.69, 9.17) is 23.1 Å². The maximum atomic E-state index is 6.39. The number of hydrogen-bond acceptors (Lipinski definition) is 2. The minimum absolute atomic E-state index is 0.280. The zero-order chi connectivity index (χ0) is 13.2. The van der Waals surface area contributed by atoms with Crippen molar-refractivity contribution in [2.75, 3.05) is 0 Å². The lowest BCUT2D eigenvalue weighted by molar-refractivity contribution is 0.397. The van der Waals surface area contributed by atoms with Gasteiger partial charge in [-0.25, -0.2) is 0 Å². The molecule has 94 valence electrons. The molecule has 0 aliphatic heterocycles. The minimum atomic E-state index is -0.616. The molecule has 2 rings (SSSR count). The van der Waals surface area contributed by atoms with Crippen molar-refractivity contribution in [3.05, 3.63) is 70.7 Å². The van der Waals surface area contributed by atoms with E-state index < -0.39 is 5.54 Å². The molecule has 4 N–H and O–H groups in total. The third-order valence-electron chi connectivity index (χ3n) is 3.27. The molecule has 0 aromatic heterocycles. The summed E-state index contributed by atoms with van der Waals surface area (Å²) in [6, 6.07) is 17.1. The molecular formula is C15H17ClN2. The normalized spacial score (nSPS) is 16.0. The zero-order valence-corrected chi connectivity index (χ0v) is 11.1. The van der Waals surface area contributed by atoms with Crippen LogP contribution < -0.4 is 11.5 Å². The van der Waals surface area contributed by atoms with Crippen LogP contribution in [0.5, 0.6) is 0 Å². The Hall–Kier alpha value is -1.35. The van der Waals surface area contributed by atoms with E-state index in [0.717, 1.165) is 11.1 Å². The number of benzene rings is 2. The summed E-state index contributed by atoms with van der Waals surface area (Å²) in [7, 11) is 0. The van der Waals surface area contributed by atoms with Crippen LogP contribution in [0.25, 0.3) is 0 Å². The Morgan fingerprint density at radius 1 is 1.00 bits per heavy atom. The van der Waals surface area contributed by atoms with Gasteiger partial charge in [-0.15, -0.1) is 0 Å². The molecule has 0 saturated carbocycles. The van der Waals surface area contributed by atoms with Gasteiger partial charge in [0, 0.05) is 5.02 Å². The van der Waals surface area contributed by atoms with Crippen molar-refractivity contribution in [3.63, 3.8) is 0 Å². The molecule has 3 heteroatoms. The van der Waals surface area contributed by atoms with Crippen molar-refractivity contribution >= 4 is 11.6 Å². The van der Waals surface area contributed by atoms with Gasteiger partial charge in [-0.05, 0) is 30.2 Å². The van der Waals surface area contributed by atoms with Crippen LogP contribution in [0.2, 0.25) is 5.02 Å². The van der Waals surface area contributed by atoms with Gasteiger partial charge in [0.05, 0.1) is 11.6 Å². The topological polar surface area (TPSA) is 52.0 Å². The quantitative estimate of drug-likeness (QED) is 0.890. The van der Waals surface area contributed by atoms with Gasteiger partial charge in [-0.3, -0.25) is 0 Å². The van der Waals surface area contributed by atoms with E-state index in [2.05, 4.69) is 0 Å². The molecule has 0 aliphatic carbocycles. The summed E-state index contributed by atoms with van der Waals surface area (Å²) in [5.41, 5.74) is 14.1. The summed E-state index contributed by atoms with van der Waals surface area (Å²) in [6.07, 6.45) is 0. The second-order valence-corrected chi connectivity index (χ2v) is 5.11. The van der Waals surface area contributed by atoms with E-state index in [1.165, 1.54) is 0 Å². The fraction of sp³-hybridized carbons (Fsp3) is 0.200. The number of halogens is 1. The fourth-order valence-corrected chi connectivity index (χ4v) is 2.12. The first-order chi connectivity index (χ1) is 8.51. The lowest BCUT2D eigenvalue weighted by atomic mass is 9.82. The zero-order valence-electron chi connectivity index (χ0n) is 10.3. The highest BCUT2D eigenvalue weighted by Gasteiger charge is 2.30. The first-order valence-electron chi connectivity index (χ1n) is 5.87. The van der Waals surface area contributed by atoms with Gasteiger partial charge in [-0.1, -0.05) is 54.1 Å².